The van der Waals surface area contributed by atoms with Gasteiger partial charge in [0.15, 0.2) is 11.6 Å². The van der Waals surface area contributed by atoms with Crippen LogP contribution in [0.5, 0.6) is 5.75 Å². The number of ether oxygens (including phenoxy) is 1. The quantitative estimate of drug-likeness (QED) is 0.826. The number of nitrogens with one attached hydrogen (secondary N) is 1. The van der Waals surface area contributed by atoms with Crippen LogP contribution in [0, 0.1) is 17.6 Å². The van der Waals surface area contributed by atoms with E-state index in [1.165, 1.54) is 6.07 Å². The molecule has 0 atom stereocenters. The summed E-state index contributed by atoms with van der Waals surface area (Å²) in [6.45, 7) is 0.954. The highest BCUT2D eigenvalue weighted by atomic mass is 19.1. The van der Waals surface area contributed by atoms with Gasteiger partial charge in [0.25, 0.3) is 5.91 Å². The van der Waals surface area contributed by atoms with E-state index in [9.17, 15) is 18.4 Å². The lowest BCUT2D eigenvalue weighted by atomic mass is 10.1. The SMILES string of the molecule is O=C(Nc1cccc(C(=O)N2CCC(Oc3ccc(F)cc3F)CC2)c1)C1CC1. The molecule has 2 fully saturated rings. The second-order valence-electron chi connectivity index (χ2n) is 7.53. The first-order chi connectivity index (χ1) is 14.0. The Morgan fingerprint density at radius 3 is 2.45 bits per heavy atom. The monoisotopic (exact) mass is 400 g/mol. The minimum absolute atomic E-state index is 0.000544. The molecule has 2 aliphatic rings. The van der Waals surface area contributed by atoms with E-state index in [1.807, 2.05) is 0 Å². The van der Waals surface area contributed by atoms with E-state index >= 15 is 0 Å². The molecule has 0 spiro atoms. The summed E-state index contributed by atoms with van der Waals surface area (Å²) in [5.74, 6) is -1.37. The minimum atomic E-state index is -0.728. The van der Waals surface area contributed by atoms with Crippen LogP contribution in [0.3, 0.4) is 0 Å². The molecule has 0 radical (unpaired) electrons. The van der Waals surface area contributed by atoms with Crippen molar-refractivity contribution in [2.24, 2.45) is 5.92 Å². The highest BCUT2D eigenvalue weighted by molar-refractivity contribution is 5.98. The molecule has 1 aliphatic heterocycles. The topological polar surface area (TPSA) is 58.6 Å². The fraction of sp³-hybridized carbons (Fsp3) is 0.364. The molecule has 7 heteroatoms. The van der Waals surface area contributed by atoms with Crippen molar-refractivity contribution in [1.82, 2.24) is 4.90 Å². The average molecular weight is 400 g/mol. The molecule has 0 unspecified atom stereocenters. The first-order valence-electron chi connectivity index (χ1n) is 9.81. The lowest BCUT2D eigenvalue weighted by molar-refractivity contribution is -0.117. The van der Waals surface area contributed by atoms with Gasteiger partial charge in [0, 0.05) is 49.2 Å². The zero-order valence-electron chi connectivity index (χ0n) is 15.9. The van der Waals surface area contributed by atoms with Crippen molar-refractivity contribution in [2.75, 3.05) is 18.4 Å². The third-order valence-electron chi connectivity index (χ3n) is 5.24. The maximum Gasteiger partial charge on any atom is 0.253 e. The second-order valence-corrected chi connectivity index (χ2v) is 7.53. The van der Waals surface area contributed by atoms with Crippen molar-refractivity contribution in [3.8, 4) is 5.75 Å². The lowest BCUT2D eigenvalue weighted by Crippen LogP contribution is -2.41. The number of carbonyl (C=O) groups is 2. The molecule has 5 nitrogen and oxygen atoms in total. The maximum atomic E-state index is 13.8. The summed E-state index contributed by atoms with van der Waals surface area (Å²) in [5, 5.41) is 2.85. The molecule has 1 N–H and O–H groups in total. The largest absolute Gasteiger partial charge is 0.487 e. The van der Waals surface area contributed by atoms with E-state index in [0.29, 0.717) is 37.2 Å². The Labute approximate surface area is 167 Å². The van der Waals surface area contributed by atoms with Crippen LogP contribution in [0.4, 0.5) is 14.5 Å². The number of piperidine rings is 1. The number of anilines is 1. The van der Waals surface area contributed by atoms with Gasteiger partial charge in [-0.05, 0) is 43.2 Å². The van der Waals surface area contributed by atoms with Gasteiger partial charge in [-0.2, -0.15) is 0 Å². The summed E-state index contributed by atoms with van der Waals surface area (Å²) in [4.78, 5) is 26.5. The van der Waals surface area contributed by atoms with Gasteiger partial charge in [0.05, 0.1) is 0 Å². The van der Waals surface area contributed by atoms with Crippen molar-refractivity contribution in [3.05, 3.63) is 59.7 Å². The molecule has 29 heavy (non-hydrogen) atoms. The Hall–Kier alpha value is -2.96. The average Bonchev–Trinajstić information content (AvgIpc) is 3.56. The predicted molar refractivity (Wildman–Crippen MR) is 104 cm³/mol. The van der Waals surface area contributed by atoms with Crippen LogP contribution in [0.25, 0.3) is 0 Å². The summed E-state index contributed by atoms with van der Waals surface area (Å²) in [6, 6.07) is 10.2. The number of nitrogens with zero attached hydrogens (tertiary/aromatic N) is 1. The van der Waals surface area contributed by atoms with E-state index < -0.39 is 11.6 Å². The first kappa shape index (κ1) is 19.4. The molecule has 0 aromatic heterocycles. The first-order valence-corrected chi connectivity index (χ1v) is 9.81. The highest BCUT2D eigenvalue weighted by Crippen LogP contribution is 2.30. The molecular weight excluding hydrogens is 378 g/mol. The van der Waals surface area contributed by atoms with Crippen molar-refractivity contribution in [2.45, 2.75) is 31.8 Å². The number of hydrogen-bond acceptors (Lipinski definition) is 3. The Morgan fingerprint density at radius 2 is 1.76 bits per heavy atom. The minimum Gasteiger partial charge on any atom is -0.487 e. The Morgan fingerprint density at radius 1 is 1.00 bits per heavy atom. The summed E-state index contributed by atoms with van der Waals surface area (Å²) >= 11 is 0. The van der Waals surface area contributed by atoms with E-state index in [0.717, 1.165) is 25.0 Å². The van der Waals surface area contributed by atoms with Gasteiger partial charge in [-0.3, -0.25) is 9.59 Å². The highest BCUT2D eigenvalue weighted by Gasteiger charge is 2.30. The van der Waals surface area contributed by atoms with Gasteiger partial charge in [0.2, 0.25) is 5.91 Å². The number of likely N-dealkylation sites (tertiary alicyclic amines) is 1. The molecule has 2 aromatic rings. The third kappa shape index (κ3) is 4.72. The number of halogens is 2. The number of carbonyl (C=O) groups excluding carboxylic acids is 2. The van der Waals surface area contributed by atoms with Gasteiger partial charge < -0.3 is 15.0 Å². The van der Waals surface area contributed by atoms with Crippen molar-refractivity contribution in [3.63, 3.8) is 0 Å². The Balaban J connectivity index is 1.33. The van der Waals surface area contributed by atoms with Crippen LogP contribution in [0.1, 0.15) is 36.0 Å². The van der Waals surface area contributed by atoms with Crippen LogP contribution < -0.4 is 10.1 Å². The molecule has 1 saturated heterocycles. The number of rotatable bonds is 5. The Kier molecular flexibility index (Phi) is 5.47. The van der Waals surface area contributed by atoms with Crippen LogP contribution >= 0.6 is 0 Å². The summed E-state index contributed by atoms with van der Waals surface area (Å²) in [6.07, 6.45) is 2.72. The van der Waals surface area contributed by atoms with E-state index in [4.69, 9.17) is 4.74 Å². The second kappa shape index (κ2) is 8.19. The fourth-order valence-corrected chi connectivity index (χ4v) is 3.43. The molecule has 2 aromatic carbocycles. The zero-order chi connectivity index (χ0) is 20.4. The molecule has 152 valence electrons. The van der Waals surface area contributed by atoms with Crippen molar-refractivity contribution in [1.29, 1.82) is 0 Å². The smallest absolute Gasteiger partial charge is 0.253 e. The van der Waals surface area contributed by atoms with Crippen LogP contribution in [0.15, 0.2) is 42.5 Å². The van der Waals surface area contributed by atoms with Gasteiger partial charge in [-0.1, -0.05) is 6.07 Å². The molecule has 1 saturated carbocycles. The normalized spacial score (nSPS) is 17.1. The van der Waals surface area contributed by atoms with E-state index in [-0.39, 0.29) is 29.6 Å². The Bertz CT molecular complexity index is 922. The molecular formula is C22H22F2N2O3. The molecule has 2 amide bonds. The van der Waals surface area contributed by atoms with Gasteiger partial charge >= 0.3 is 0 Å². The summed E-state index contributed by atoms with van der Waals surface area (Å²) in [7, 11) is 0. The van der Waals surface area contributed by atoms with Gasteiger partial charge in [-0.25, -0.2) is 8.78 Å². The number of hydrogen-bond donors (Lipinski definition) is 1. The van der Waals surface area contributed by atoms with Gasteiger partial charge in [-0.15, -0.1) is 0 Å². The van der Waals surface area contributed by atoms with E-state index in [2.05, 4.69) is 5.32 Å². The third-order valence-corrected chi connectivity index (χ3v) is 5.24. The number of amides is 2. The molecule has 4 rings (SSSR count). The standard InChI is InChI=1S/C22H22F2N2O3/c23-16-6-7-20(19(24)13-16)29-18-8-10-26(11-9-18)22(28)15-2-1-3-17(12-15)25-21(27)14-4-5-14/h1-3,6-7,12-14,18H,4-5,8-11H2,(H,25,27). The summed E-state index contributed by atoms with van der Waals surface area (Å²) < 4.78 is 32.4. The predicted octanol–water partition coefficient (Wildman–Crippen LogP) is 4.00. The molecule has 1 heterocycles. The van der Waals surface area contributed by atoms with Crippen LogP contribution in [-0.4, -0.2) is 35.9 Å². The molecule has 0 bridgehead atoms. The lowest BCUT2D eigenvalue weighted by Gasteiger charge is -2.32. The zero-order valence-corrected chi connectivity index (χ0v) is 15.9. The van der Waals surface area contributed by atoms with Crippen LogP contribution in [-0.2, 0) is 4.79 Å². The fourth-order valence-electron chi connectivity index (χ4n) is 3.43. The van der Waals surface area contributed by atoms with Crippen molar-refractivity contribution < 1.29 is 23.1 Å². The van der Waals surface area contributed by atoms with Gasteiger partial charge in [0.1, 0.15) is 11.9 Å². The molecule has 1 aliphatic carbocycles. The number of benzene rings is 2. The maximum absolute atomic E-state index is 13.8. The van der Waals surface area contributed by atoms with Crippen molar-refractivity contribution >= 4 is 17.5 Å². The summed E-state index contributed by atoms with van der Waals surface area (Å²) in [5.41, 5.74) is 1.14. The van der Waals surface area contributed by atoms with E-state index in [1.54, 1.807) is 29.2 Å². The van der Waals surface area contributed by atoms with Crippen LogP contribution in [0.2, 0.25) is 0 Å².